The van der Waals surface area contributed by atoms with Crippen LogP contribution in [0.1, 0.15) is 10.4 Å². The second-order valence-electron chi connectivity index (χ2n) is 3.69. The van der Waals surface area contributed by atoms with Crippen molar-refractivity contribution < 1.29 is 4.79 Å². The largest absolute Gasteiger partial charge is 0.311 e. The Labute approximate surface area is 127 Å². The molecule has 0 bridgehead atoms. The number of anilines is 1. The predicted molar refractivity (Wildman–Crippen MR) is 83.8 cm³/mol. The molecule has 0 unspecified atom stereocenters. The number of hydrogen-bond donors (Lipinski definition) is 0. The number of benzene rings is 1. The smallest absolute Gasteiger partial charge is 0.259 e. The number of amides is 1. The van der Waals surface area contributed by atoms with Gasteiger partial charge in [0.15, 0.2) is 0 Å². The van der Waals surface area contributed by atoms with Gasteiger partial charge < -0.3 is 4.90 Å². The van der Waals surface area contributed by atoms with Gasteiger partial charge in [0.2, 0.25) is 0 Å². The van der Waals surface area contributed by atoms with Crippen molar-refractivity contribution in [2.75, 3.05) is 11.9 Å². The minimum absolute atomic E-state index is 0.0353. The van der Waals surface area contributed by atoms with Gasteiger partial charge >= 0.3 is 0 Å². The van der Waals surface area contributed by atoms with Gasteiger partial charge in [-0.1, -0.05) is 15.9 Å². The minimum atomic E-state index is -0.0353. The lowest BCUT2D eigenvalue weighted by atomic mass is 10.2. The summed E-state index contributed by atoms with van der Waals surface area (Å²) in [7, 11) is 1.76. The van der Waals surface area contributed by atoms with E-state index in [0.717, 1.165) is 13.7 Å². The first-order valence-electron chi connectivity index (χ1n) is 5.22. The fraction of sp³-hybridized carbons (Fsp3) is 0.0769. The number of carbonyl (C=O) groups excluding carboxylic acids is 1. The summed E-state index contributed by atoms with van der Waals surface area (Å²) in [4.78, 5) is 18.0. The van der Waals surface area contributed by atoms with Crippen molar-refractivity contribution in [3.8, 4) is 0 Å². The summed E-state index contributed by atoms with van der Waals surface area (Å²) in [5.74, 6) is -0.0353. The van der Waals surface area contributed by atoms with E-state index >= 15 is 0 Å². The molecule has 1 amide bonds. The third-order valence-electron chi connectivity index (χ3n) is 2.51. The molecular weight excluding hydrogens is 407 g/mol. The lowest BCUT2D eigenvalue weighted by Crippen LogP contribution is -2.26. The maximum absolute atomic E-state index is 12.4. The summed E-state index contributed by atoms with van der Waals surface area (Å²) in [5, 5.41) is 0. The van der Waals surface area contributed by atoms with Crippen molar-refractivity contribution in [1.82, 2.24) is 4.98 Å². The molecule has 1 aromatic carbocycles. The van der Waals surface area contributed by atoms with E-state index in [0.29, 0.717) is 5.56 Å². The Hall–Kier alpha value is -0.950. The molecule has 0 aliphatic rings. The molecule has 0 fully saturated rings. The van der Waals surface area contributed by atoms with Crippen LogP contribution in [-0.4, -0.2) is 17.9 Å². The Morgan fingerprint density at radius 2 is 1.94 bits per heavy atom. The number of aromatic nitrogens is 1. The number of carbonyl (C=O) groups is 1. The number of halogens is 2. The maximum atomic E-state index is 12.4. The fourth-order valence-corrected chi connectivity index (χ4v) is 2.45. The van der Waals surface area contributed by atoms with Crippen LogP contribution in [0.3, 0.4) is 0 Å². The Morgan fingerprint density at radius 3 is 2.61 bits per heavy atom. The lowest BCUT2D eigenvalue weighted by molar-refractivity contribution is 0.0992. The van der Waals surface area contributed by atoms with Crippen molar-refractivity contribution in [1.29, 1.82) is 0 Å². The van der Waals surface area contributed by atoms with Crippen LogP contribution >= 0.6 is 38.5 Å². The zero-order valence-corrected chi connectivity index (χ0v) is 13.3. The van der Waals surface area contributed by atoms with Crippen molar-refractivity contribution >= 4 is 50.1 Å². The van der Waals surface area contributed by atoms with Crippen molar-refractivity contribution in [3.63, 3.8) is 0 Å². The molecule has 0 saturated heterocycles. The van der Waals surface area contributed by atoms with Crippen LogP contribution in [0.4, 0.5) is 5.69 Å². The van der Waals surface area contributed by atoms with Crippen LogP contribution < -0.4 is 4.90 Å². The summed E-state index contributed by atoms with van der Waals surface area (Å²) < 4.78 is 1.83. The zero-order valence-electron chi connectivity index (χ0n) is 9.60. The summed E-state index contributed by atoms with van der Waals surface area (Å²) in [6.07, 6.45) is 3.34. The van der Waals surface area contributed by atoms with Crippen molar-refractivity contribution in [2.24, 2.45) is 0 Å². The first kappa shape index (κ1) is 13.5. The Morgan fingerprint density at radius 1 is 1.28 bits per heavy atom. The third kappa shape index (κ3) is 2.89. The van der Waals surface area contributed by atoms with Crippen molar-refractivity contribution in [3.05, 3.63) is 56.3 Å². The molecule has 0 atom stereocenters. The average Bonchev–Trinajstić information content (AvgIpc) is 2.41. The molecule has 0 aliphatic heterocycles. The van der Waals surface area contributed by atoms with Crippen LogP contribution in [0.15, 0.2) is 47.2 Å². The second-order valence-corrected chi connectivity index (χ2v) is 5.77. The van der Waals surface area contributed by atoms with Crippen LogP contribution in [-0.2, 0) is 0 Å². The summed E-state index contributed by atoms with van der Waals surface area (Å²) in [6, 6.07) is 9.29. The molecule has 0 saturated carbocycles. The van der Waals surface area contributed by atoms with E-state index in [2.05, 4.69) is 43.5 Å². The second kappa shape index (κ2) is 5.79. The Kier molecular flexibility index (Phi) is 4.34. The molecule has 0 spiro atoms. The van der Waals surface area contributed by atoms with E-state index in [1.807, 2.05) is 30.3 Å². The highest BCUT2D eigenvalue weighted by atomic mass is 127. The molecule has 92 valence electrons. The number of nitrogens with zero attached hydrogens (tertiary/aromatic N) is 2. The van der Waals surface area contributed by atoms with Gasteiger partial charge in [0.05, 0.1) is 5.56 Å². The summed E-state index contributed by atoms with van der Waals surface area (Å²) >= 11 is 5.55. The minimum Gasteiger partial charge on any atom is -0.311 e. The first-order chi connectivity index (χ1) is 8.59. The van der Waals surface area contributed by atoms with E-state index in [1.165, 1.54) is 0 Å². The quantitative estimate of drug-likeness (QED) is 0.699. The molecule has 5 heteroatoms. The molecule has 0 radical (unpaired) electrons. The van der Waals surface area contributed by atoms with E-state index < -0.39 is 0 Å². The molecule has 18 heavy (non-hydrogen) atoms. The Bertz CT molecular complexity index is 574. The topological polar surface area (TPSA) is 33.2 Å². The van der Waals surface area contributed by atoms with E-state index in [9.17, 15) is 4.79 Å². The molecule has 1 heterocycles. The van der Waals surface area contributed by atoms with Gasteiger partial charge in [-0.25, -0.2) is 0 Å². The van der Waals surface area contributed by atoms with Crippen LogP contribution in [0, 0.1) is 3.57 Å². The predicted octanol–water partition coefficient (Wildman–Crippen LogP) is 3.73. The van der Waals surface area contributed by atoms with Gasteiger partial charge in [0.25, 0.3) is 5.91 Å². The standard InChI is InChI=1S/C13H10BrIN2O/c1-17(10-4-6-16-7-5-10)13(18)11-8-9(14)2-3-12(11)15/h2-8H,1H3. The lowest BCUT2D eigenvalue weighted by Gasteiger charge is -2.18. The normalized spacial score (nSPS) is 10.2. The summed E-state index contributed by atoms with van der Waals surface area (Å²) in [6.45, 7) is 0. The number of pyridine rings is 1. The number of hydrogen-bond acceptors (Lipinski definition) is 2. The van der Waals surface area contributed by atoms with Gasteiger partial charge in [0, 0.05) is 33.2 Å². The Balaban J connectivity index is 2.34. The van der Waals surface area contributed by atoms with Crippen LogP contribution in [0.5, 0.6) is 0 Å². The molecule has 2 rings (SSSR count). The van der Waals surface area contributed by atoms with Gasteiger partial charge in [-0.15, -0.1) is 0 Å². The molecule has 1 aromatic heterocycles. The van der Waals surface area contributed by atoms with Crippen LogP contribution in [0.2, 0.25) is 0 Å². The molecule has 0 aliphatic carbocycles. The maximum Gasteiger partial charge on any atom is 0.259 e. The van der Waals surface area contributed by atoms with Gasteiger partial charge in [-0.2, -0.15) is 0 Å². The average molecular weight is 417 g/mol. The SMILES string of the molecule is CN(C(=O)c1cc(Br)ccc1I)c1ccncc1. The summed E-state index contributed by atoms with van der Waals surface area (Å²) in [5.41, 5.74) is 1.51. The van der Waals surface area contributed by atoms with Gasteiger partial charge in [-0.3, -0.25) is 9.78 Å². The third-order valence-corrected chi connectivity index (χ3v) is 3.95. The van der Waals surface area contributed by atoms with Gasteiger partial charge in [0.1, 0.15) is 0 Å². The van der Waals surface area contributed by atoms with E-state index in [1.54, 1.807) is 24.3 Å². The van der Waals surface area contributed by atoms with Gasteiger partial charge in [-0.05, 0) is 52.9 Å². The fourth-order valence-electron chi connectivity index (χ4n) is 1.53. The van der Waals surface area contributed by atoms with Crippen molar-refractivity contribution in [2.45, 2.75) is 0 Å². The monoisotopic (exact) mass is 416 g/mol. The van der Waals surface area contributed by atoms with E-state index in [4.69, 9.17) is 0 Å². The molecule has 3 nitrogen and oxygen atoms in total. The van der Waals surface area contributed by atoms with E-state index in [-0.39, 0.29) is 5.91 Å². The molecular formula is C13H10BrIN2O. The highest BCUT2D eigenvalue weighted by molar-refractivity contribution is 14.1. The molecule has 0 N–H and O–H groups in total. The zero-order chi connectivity index (χ0) is 13.1. The molecule has 2 aromatic rings. The first-order valence-corrected chi connectivity index (χ1v) is 7.10. The highest BCUT2D eigenvalue weighted by Gasteiger charge is 2.16. The highest BCUT2D eigenvalue weighted by Crippen LogP contribution is 2.21. The number of rotatable bonds is 2. The van der Waals surface area contributed by atoms with Crippen LogP contribution in [0.25, 0.3) is 0 Å².